The average molecular weight is 460 g/mol. The number of carbonyl (C=O) groups is 1. The Labute approximate surface area is 201 Å². The molecule has 1 heterocycles. The van der Waals surface area contributed by atoms with Crippen molar-refractivity contribution in [2.24, 2.45) is 4.99 Å². The molecular weight excluding hydrogens is 426 g/mol. The zero-order chi connectivity index (χ0) is 23.4. The molecule has 1 aliphatic rings. The van der Waals surface area contributed by atoms with E-state index in [1.54, 1.807) is 11.3 Å². The van der Waals surface area contributed by atoms with Gasteiger partial charge in [-0.15, -0.1) is 11.3 Å². The van der Waals surface area contributed by atoms with E-state index in [0.29, 0.717) is 0 Å². The number of nitrogens with zero attached hydrogens (tertiary/aromatic N) is 2. The van der Waals surface area contributed by atoms with Gasteiger partial charge in [-0.05, 0) is 80.0 Å². The molecule has 0 spiro atoms. The Morgan fingerprint density at radius 1 is 1.00 bits per heavy atom. The smallest absolute Gasteiger partial charge is 0.259 e. The van der Waals surface area contributed by atoms with E-state index < -0.39 is 0 Å². The molecule has 4 nitrogen and oxygen atoms in total. The summed E-state index contributed by atoms with van der Waals surface area (Å²) in [4.78, 5) is 21.8. The molecule has 0 aliphatic heterocycles. The highest BCUT2D eigenvalue weighted by atomic mass is 32.1. The highest BCUT2D eigenvalue weighted by Crippen LogP contribution is 2.39. The van der Waals surface area contributed by atoms with E-state index in [-0.39, 0.29) is 5.91 Å². The highest BCUT2D eigenvalue weighted by molar-refractivity contribution is 7.16. The number of nitrogens with one attached hydrogen (secondary N) is 1. The number of aliphatic imine (C=N–C) groups is 1. The molecule has 2 aromatic carbocycles. The van der Waals surface area contributed by atoms with Gasteiger partial charge in [0.05, 0.1) is 5.56 Å². The number of rotatable bonds is 5. The van der Waals surface area contributed by atoms with Gasteiger partial charge in [-0.3, -0.25) is 4.79 Å². The number of fused-ring (bicyclic) bond motifs is 1. The Hall–Kier alpha value is -2.92. The zero-order valence-electron chi connectivity index (χ0n) is 20.1. The molecule has 0 radical (unpaired) electrons. The van der Waals surface area contributed by atoms with E-state index in [1.807, 2.05) is 32.4 Å². The van der Waals surface area contributed by atoms with Crippen molar-refractivity contribution in [1.29, 1.82) is 0 Å². The quantitative estimate of drug-likeness (QED) is 0.414. The molecule has 0 bridgehead atoms. The lowest BCUT2D eigenvalue weighted by atomic mass is 9.96. The largest absolute Gasteiger partial charge is 0.378 e. The van der Waals surface area contributed by atoms with Crippen molar-refractivity contribution >= 4 is 39.8 Å². The first kappa shape index (κ1) is 23.2. The van der Waals surface area contributed by atoms with E-state index in [4.69, 9.17) is 4.99 Å². The third-order valence-corrected chi connectivity index (χ3v) is 7.67. The standard InChI is InChI=1S/C28H33N3OS/c1-19-10-9-12-24(20(19)2)30-27(32)26-23-11-7-5-6-8-13-25(23)33-28(26)29-18-21-14-16-22(17-15-21)31(3)4/h9-10,12,14-18H,5-8,11,13H2,1-4H3,(H,30,32). The molecule has 0 unspecified atom stereocenters. The normalized spacial score (nSPS) is 13.9. The second kappa shape index (κ2) is 10.3. The van der Waals surface area contributed by atoms with Crippen LogP contribution in [0.4, 0.5) is 16.4 Å². The van der Waals surface area contributed by atoms with Crippen molar-refractivity contribution in [3.8, 4) is 0 Å². The van der Waals surface area contributed by atoms with Gasteiger partial charge in [0.1, 0.15) is 5.00 Å². The maximum atomic E-state index is 13.6. The van der Waals surface area contributed by atoms with Crippen molar-refractivity contribution in [3.05, 3.63) is 75.2 Å². The van der Waals surface area contributed by atoms with E-state index in [0.717, 1.165) is 52.3 Å². The van der Waals surface area contributed by atoms with Gasteiger partial charge in [0.2, 0.25) is 0 Å². The summed E-state index contributed by atoms with van der Waals surface area (Å²) in [6.45, 7) is 4.13. The number of amides is 1. The number of aryl methyl sites for hydroxylation is 2. The second-order valence-electron chi connectivity index (χ2n) is 9.04. The summed E-state index contributed by atoms with van der Waals surface area (Å²) >= 11 is 1.69. The summed E-state index contributed by atoms with van der Waals surface area (Å²) in [6.07, 6.45) is 8.67. The lowest BCUT2D eigenvalue weighted by Crippen LogP contribution is -2.15. The maximum Gasteiger partial charge on any atom is 0.259 e. The predicted octanol–water partition coefficient (Wildman–Crippen LogP) is 7.09. The van der Waals surface area contributed by atoms with Crippen LogP contribution in [0.5, 0.6) is 0 Å². The molecule has 1 aromatic heterocycles. The molecule has 5 heteroatoms. The van der Waals surface area contributed by atoms with E-state index in [2.05, 4.69) is 54.4 Å². The maximum absolute atomic E-state index is 13.6. The zero-order valence-corrected chi connectivity index (χ0v) is 20.9. The number of benzene rings is 2. The first-order valence-corrected chi connectivity index (χ1v) is 12.6. The summed E-state index contributed by atoms with van der Waals surface area (Å²) in [7, 11) is 4.07. The molecule has 3 aromatic rings. The minimum absolute atomic E-state index is 0.0446. The number of hydrogen-bond donors (Lipinski definition) is 1. The molecule has 1 N–H and O–H groups in total. The Balaban J connectivity index is 1.69. The molecule has 1 aliphatic carbocycles. The third-order valence-electron chi connectivity index (χ3n) is 6.47. The van der Waals surface area contributed by atoms with E-state index in [9.17, 15) is 4.79 Å². The SMILES string of the molecule is Cc1cccc(NC(=O)c2c(N=Cc3ccc(N(C)C)cc3)sc3c2CCCCCC3)c1C. The van der Waals surface area contributed by atoms with Gasteiger partial charge in [0.15, 0.2) is 0 Å². The first-order chi connectivity index (χ1) is 15.9. The van der Waals surface area contributed by atoms with E-state index in [1.165, 1.54) is 35.3 Å². The van der Waals surface area contributed by atoms with Crippen LogP contribution in [0.3, 0.4) is 0 Å². The van der Waals surface area contributed by atoms with Crippen LogP contribution in [-0.4, -0.2) is 26.2 Å². The summed E-state index contributed by atoms with van der Waals surface area (Å²) in [5, 5.41) is 4.01. The number of anilines is 2. The topological polar surface area (TPSA) is 44.7 Å². The fourth-order valence-corrected chi connectivity index (χ4v) is 5.52. The van der Waals surface area contributed by atoms with Gasteiger partial charge >= 0.3 is 0 Å². The Morgan fingerprint density at radius 3 is 2.45 bits per heavy atom. The number of hydrogen-bond acceptors (Lipinski definition) is 4. The van der Waals surface area contributed by atoms with Crippen LogP contribution in [0.1, 0.15) is 63.2 Å². The number of carbonyl (C=O) groups excluding carboxylic acids is 1. The lowest BCUT2D eigenvalue weighted by molar-refractivity contribution is 0.102. The predicted molar refractivity (Wildman–Crippen MR) is 142 cm³/mol. The molecule has 0 saturated heterocycles. The van der Waals surface area contributed by atoms with Gasteiger partial charge < -0.3 is 10.2 Å². The Bertz CT molecular complexity index is 1160. The summed E-state index contributed by atoms with van der Waals surface area (Å²) in [5.41, 5.74) is 7.31. The van der Waals surface area contributed by atoms with Gasteiger partial charge in [0, 0.05) is 36.6 Å². The molecule has 1 amide bonds. The fourth-order valence-electron chi connectivity index (χ4n) is 4.29. The third kappa shape index (κ3) is 5.36. The Kier molecular flexibility index (Phi) is 7.29. The summed E-state index contributed by atoms with van der Waals surface area (Å²) in [6, 6.07) is 14.4. The number of thiophene rings is 1. The molecule has 4 rings (SSSR count). The molecule has 0 saturated carbocycles. The van der Waals surface area contributed by atoms with Gasteiger partial charge in [-0.2, -0.15) is 0 Å². The molecule has 33 heavy (non-hydrogen) atoms. The van der Waals surface area contributed by atoms with Crippen LogP contribution in [0.15, 0.2) is 47.5 Å². The van der Waals surface area contributed by atoms with E-state index >= 15 is 0 Å². The monoisotopic (exact) mass is 459 g/mol. The second-order valence-corrected chi connectivity index (χ2v) is 10.1. The molecule has 0 atom stereocenters. The summed E-state index contributed by atoms with van der Waals surface area (Å²) in [5.74, 6) is -0.0446. The lowest BCUT2D eigenvalue weighted by Gasteiger charge is -2.13. The van der Waals surface area contributed by atoms with Gasteiger partial charge in [0.25, 0.3) is 5.91 Å². The van der Waals surface area contributed by atoms with Crippen LogP contribution in [0.2, 0.25) is 0 Å². The fraction of sp³-hybridized carbons (Fsp3) is 0.357. The minimum atomic E-state index is -0.0446. The van der Waals surface area contributed by atoms with Crippen molar-refractivity contribution in [2.75, 3.05) is 24.3 Å². The van der Waals surface area contributed by atoms with Crippen LogP contribution in [0.25, 0.3) is 0 Å². The van der Waals surface area contributed by atoms with Gasteiger partial charge in [-0.25, -0.2) is 4.99 Å². The molecular formula is C28H33N3OS. The van der Waals surface area contributed by atoms with Crippen molar-refractivity contribution in [1.82, 2.24) is 0 Å². The Morgan fingerprint density at radius 2 is 1.73 bits per heavy atom. The summed E-state index contributed by atoms with van der Waals surface area (Å²) < 4.78 is 0. The molecule has 172 valence electrons. The average Bonchev–Trinajstić information content (AvgIpc) is 3.12. The van der Waals surface area contributed by atoms with Crippen molar-refractivity contribution in [3.63, 3.8) is 0 Å². The van der Waals surface area contributed by atoms with Crippen LogP contribution in [0, 0.1) is 13.8 Å². The first-order valence-electron chi connectivity index (χ1n) is 11.8. The highest BCUT2D eigenvalue weighted by Gasteiger charge is 2.24. The van der Waals surface area contributed by atoms with Crippen LogP contribution >= 0.6 is 11.3 Å². The van der Waals surface area contributed by atoms with Crippen LogP contribution < -0.4 is 10.2 Å². The van der Waals surface area contributed by atoms with Gasteiger partial charge in [-0.1, -0.05) is 37.1 Å². The minimum Gasteiger partial charge on any atom is -0.378 e. The van der Waals surface area contributed by atoms with Crippen molar-refractivity contribution < 1.29 is 4.79 Å². The molecule has 0 fully saturated rings. The van der Waals surface area contributed by atoms with Crippen LogP contribution in [-0.2, 0) is 12.8 Å². The van der Waals surface area contributed by atoms with Crippen molar-refractivity contribution in [2.45, 2.75) is 52.4 Å².